The van der Waals surface area contributed by atoms with Gasteiger partial charge in [-0.1, -0.05) is 18.2 Å². The van der Waals surface area contributed by atoms with Gasteiger partial charge in [-0.25, -0.2) is 0 Å². The van der Waals surface area contributed by atoms with Gasteiger partial charge in [0.25, 0.3) is 0 Å². The van der Waals surface area contributed by atoms with E-state index in [0.717, 1.165) is 18.5 Å². The fourth-order valence-corrected chi connectivity index (χ4v) is 3.08. The first-order valence-electron chi connectivity index (χ1n) is 8.43. The van der Waals surface area contributed by atoms with E-state index in [4.69, 9.17) is 14.4 Å². The van der Waals surface area contributed by atoms with Gasteiger partial charge < -0.3 is 9.15 Å². The van der Waals surface area contributed by atoms with Crippen molar-refractivity contribution in [2.75, 3.05) is 6.61 Å². The van der Waals surface area contributed by atoms with Crippen molar-refractivity contribution in [2.24, 2.45) is 5.92 Å². The van der Waals surface area contributed by atoms with Crippen LogP contribution in [0.2, 0.25) is 0 Å². The Hall–Kier alpha value is -3.24. The van der Waals surface area contributed by atoms with Crippen molar-refractivity contribution in [1.82, 2.24) is 20.0 Å². The molecule has 1 aliphatic heterocycles. The topological polar surface area (TPSA) is 89.8 Å². The first kappa shape index (κ1) is 16.2. The van der Waals surface area contributed by atoms with Gasteiger partial charge in [0, 0.05) is 37.5 Å². The van der Waals surface area contributed by atoms with E-state index in [1.54, 1.807) is 24.4 Å². The van der Waals surface area contributed by atoms with Gasteiger partial charge in [0.2, 0.25) is 11.8 Å². The maximum absolute atomic E-state index is 9.14. The molecule has 26 heavy (non-hydrogen) atoms. The van der Waals surface area contributed by atoms with Crippen LogP contribution >= 0.6 is 0 Å². The van der Waals surface area contributed by atoms with E-state index in [0.29, 0.717) is 24.0 Å². The predicted octanol–water partition coefficient (Wildman–Crippen LogP) is 3.09. The van der Waals surface area contributed by atoms with Crippen LogP contribution in [0, 0.1) is 17.2 Å². The van der Waals surface area contributed by atoms with E-state index >= 15 is 0 Å². The molecule has 130 valence electrons. The van der Waals surface area contributed by atoms with Crippen molar-refractivity contribution in [3.8, 4) is 6.07 Å². The number of benzene rings is 1. The number of aromatic nitrogens is 4. The van der Waals surface area contributed by atoms with Crippen molar-refractivity contribution in [1.29, 1.82) is 5.26 Å². The lowest BCUT2D eigenvalue weighted by atomic mass is 10.0. The summed E-state index contributed by atoms with van der Waals surface area (Å²) in [4.78, 5) is 0. The third-order valence-electron chi connectivity index (χ3n) is 4.38. The SMILES string of the molecule is N#Cc1ccccc1/C=C/c1nnc([C@H]2OCC[C@H]2Cn2cccn2)o1. The van der Waals surface area contributed by atoms with Crippen LogP contribution in [0.1, 0.15) is 35.4 Å². The second-order valence-corrected chi connectivity index (χ2v) is 6.08. The van der Waals surface area contributed by atoms with Gasteiger partial charge in [-0.2, -0.15) is 10.4 Å². The smallest absolute Gasteiger partial charge is 0.245 e. The summed E-state index contributed by atoms with van der Waals surface area (Å²) in [5.41, 5.74) is 1.41. The summed E-state index contributed by atoms with van der Waals surface area (Å²) >= 11 is 0. The van der Waals surface area contributed by atoms with E-state index in [-0.39, 0.29) is 12.0 Å². The Morgan fingerprint density at radius 1 is 1.23 bits per heavy atom. The lowest BCUT2D eigenvalue weighted by Crippen LogP contribution is -2.15. The number of hydrogen-bond acceptors (Lipinski definition) is 6. The zero-order chi connectivity index (χ0) is 17.8. The Balaban J connectivity index is 1.49. The molecule has 2 aromatic heterocycles. The summed E-state index contributed by atoms with van der Waals surface area (Å²) in [5, 5.41) is 21.6. The van der Waals surface area contributed by atoms with E-state index in [9.17, 15) is 0 Å². The molecule has 3 heterocycles. The Morgan fingerprint density at radius 3 is 3.00 bits per heavy atom. The fraction of sp³-hybridized carbons (Fsp3) is 0.263. The molecule has 0 amide bonds. The van der Waals surface area contributed by atoms with E-state index in [2.05, 4.69) is 21.4 Å². The minimum atomic E-state index is -0.222. The lowest BCUT2D eigenvalue weighted by Gasteiger charge is -2.14. The first-order chi connectivity index (χ1) is 12.8. The van der Waals surface area contributed by atoms with Gasteiger partial charge in [0.15, 0.2) is 0 Å². The van der Waals surface area contributed by atoms with Crippen LogP contribution in [0.15, 0.2) is 47.1 Å². The Morgan fingerprint density at radius 2 is 2.15 bits per heavy atom. The molecule has 0 unspecified atom stereocenters. The molecule has 7 nitrogen and oxygen atoms in total. The summed E-state index contributed by atoms with van der Waals surface area (Å²) in [6.45, 7) is 1.42. The van der Waals surface area contributed by atoms with Crippen molar-refractivity contribution in [3.05, 3.63) is 65.6 Å². The van der Waals surface area contributed by atoms with Crippen molar-refractivity contribution in [2.45, 2.75) is 19.1 Å². The number of nitriles is 1. The molecule has 0 spiro atoms. The van der Waals surface area contributed by atoms with Crippen molar-refractivity contribution < 1.29 is 9.15 Å². The summed E-state index contributed by atoms with van der Waals surface area (Å²) < 4.78 is 13.5. The third kappa shape index (κ3) is 3.41. The van der Waals surface area contributed by atoms with E-state index < -0.39 is 0 Å². The summed E-state index contributed by atoms with van der Waals surface area (Å²) in [6.07, 6.45) is 7.91. The quantitative estimate of drug-likeness (QED) is 0.704. The van der Waals surface area contributed by atoms with Gasteiger partial charge in [-0.15, -0.1) is 10.2 Å². The molecule has 4 rings (SSSR count). The van der Waals surface area contributed by atoms with Crippen molar-refractivity contribution in [3.63, 3.8) is 0 Å². The van der Waals surface area contributed by atoms with Gasteiger partial charge in [0.05, 0.1) is 11.6 Å². The minimum Gasteiger partial charge on any atom is -0.418 e. The fourth-order valence-electron chi connectivity index (χ4n) is 3.08. The third-order valence-corrected chi connectivity index (χ3v) is 4.38. The largest absolute Gasteiger partial charge is 0.418 e. The van der Waals surface area contributed by atoms with Crippen LogP contribution in [0.25, 0.3) is 12.2 Å². The van der Waals surface area contributed by atoms with Gasteiger partial charge in [0.1, 0.15) is 6.10 Å². The monoisotopic (exact) mass is 347 g/mol. The predicted molar refractivity (Wildman–Crippen MR) is 93.4 cm³/mol. The maximum Gasteiger partial charge on any atom is 0.245 e. The normalized spacial score (nSPS) is 19.8. The van der Waals surface area contributed by atoms with E-state index in [1.807, 2.05) is 35.1 Å². The van der Waals surface area contributed by atoms with Crippen LogP contribution in [0.4, 0.5) is 0 Å². The zero-order valence-corrected chi connectivity index (χ0v) is 14.0. The summed E-state index contributed by atoms with van der Waals surface area (Å²) in [7, 11) is 0. The summed E-state index contributed by atoms with van der Waals surface area (Å²) in [5.74, 6) is 1.11. The highest BCUT2D eigenvalue weighted by atomic mass is 16.5. The molecule has 0 aliphatic carbocycles. The molecule has 7 heteroatoms. The molecule has 2 atom stereocenters. The van der Waals surface area contributed by atoms with Gasteiger partial charge in [-0.3, -0.25) is 4.68 Å². The highest BCUT2D eigenvalue weighted by Gasteiger charge is 2.34. The van der Waals surface area contributed by atoms with Crippen LogP contribution in [0.5, 0.6) is 0 Å². The van der Waals surface area contributed by atoms with Crippen molar-refractivity contribution >= 4 is 12.2 Å². The molecule has 0 saturated carbocycles. The molecule has 0 radical (unpaired) electrons. The lowest BCUT2D eigenvalue weighted by molar-refractivity contribution is 0.0627. The van der Waals surface area contributed by atoms with Crippen LogP contribution in [-0.2, 0) is 11.3 Å². The molecule has 1 aliphatic rings. The number of ether oxygens (including phenoxy) is 1. The molecule has 3 aromatic rings. The maximum atomic E-state index is 9.14. The molecule has 0 bridgehead atoms. The zero-order valence-electron chi connectivity index (χ0n) is 14.0. The standard InChI is InChI=1S/C19H17N5O2/c20-12-15-5-2-1-4-14(15)6-7-17-22-23-19(26-17)18-16(8-11-25-18)13-24-10-3-9-21-24/h1-7,9-10,16,18H,8,11,13H2/b7-6+/t16-,18-/m0/s1. The minimum absolute atomic E-state index is 0.222. The number of nitrogens with zero attached hydrogens (tertiary/aromatic N) is 5. The number of rotatable bonds is 5. The molecule has 1 saturated heterocycles. The second-order valence-electron chi connectivity index (χ2n) is 6.08. The highest BCUT2D eigenvalue weighted by Crippen LogP contribution is 2.34. The number of hydrogen-bond donors (Lipinski definition) is 0. The van der Waals surface area contributed by atoms with Gasteiger partial charge in [-0.05, 0) is 30.2 Å². The van der Waals surface area contributed by atoms with E-state index in [1.165, 1.54) is 0 Å². The highest BCUT2D eigenvalue weighted by molar-refractivity contribution is 5.69. The average Bonchev–Trinajstić information content (AvgIpc) is 3.42. The molecule has 0 N–H and O–H groups in total. The Kier molecular flexibility index (Phi) is 4.58. The molecular formula is C19H17N5O2. The van der Waals surface area contributed by atoms with Crippen LogP contribution < -0.4 is 0 Å². The molecule has 1 fully saturated rings. The second kappa shape index (κ2) is 7.33. The van der Waals surface area contributed by atoms with Crippen LogP contribution in [-0.4, -0.2) is 26.6 Å². The molecular weight excluding hydrogens is 330 g/mol. The van der Waals surface area contributed by atoms with Gasteiger partial charge >= 0.3 is 0 Å². The average molecular weight is 347 g/mol. The Bertz CT molecular complexity index is 939. The summed E-state index contributed by atoms with van der Waals surface area (Å²) in [6, 6.07) is 11.4. The van der Waals surface area contributed by atoms with Crippen LogP contribution in [0.3, 0.4) is 0 Å². The Labute approximate surface area is 150 Å². The first-order valence-corrected chi connectivity index (χ1v) is 8.43. The molecule has 1 aromatic carbocycles.